The second-order valence-corrected chi connectivity index (χ2v) is 7.79. The minimum absolute atomic E-state index is 0.0679. The van der Waals surface area contributed by atoms with E-state index in [1.54, 1.807) is 18.2 Å². The molecule has 4 nitrogen and oxygen atoms in total. The summed E-state index contributed by atoms with van der Waals surface area (Å²) in [6.07, 6.45) is 0. The summed E-state index contributed by atoms with van der Waals surface area (Å²) in [6, 6.07) is 7.53. The van der Waals surface area contributed by atoms with Crippen LogP contribution < -0.4 is 10.0 Å². The minimum atomic E-state index is -3.57. The van der Waals surface area contributed by atoms with Crippen LogP contribution in [0.1, 0.15) is 16.0 Å². The van der Waals surface area contributed by atoms with Crippen molar-refractivity contribution >= 4 is 21.4 Å². The number of aryl methyl sites for hydroxylation is 1. The van der Waals surface area contributed by atoms with E-state index in [-0.39, 0.29) is 16.6 Å². The van der Waals surface area contributed by atoms with Crippen LogP contribution in [0.25, 0.3) is 0 Å². The lowest BCUT2D eigenvalue weighted by atomic mass is 10.2. The Hall–Kier alpha value is -1.28. The largest absolute Gasteiger partial charge is 0.315 e. The lowest BCUT2D eigenvalue weighted by molar-refractivity contribution is 0.582. The van der Waals surface area contributed by atoms with E-state index in [1.807, 2.05) is 14.0 Å². The molecule has 2 N–H and O–H groups in total. The van der Waals surface area contributed by atoms with E-state index in [4.69, 9.17) is 0 Å². The summed E-state index contributed by atoms with van der Waals surface area (Å²) in [4.78, 5) is 0.989. The highest BCUT2D eigenvalue weighted by Gasteiger charge is 2.18. The first-order valence-corrected chi connectivity index (χ1v) is 8.70. The maximum Gasteiger partial charge on any atom is 0.250 e. The van der Waals surface area contributed by atoms with Crippen LogP contribution in [-0.2, 0) is 23.1 Å². The Labute approximate surface area is 128 Å². The van der Waals surface area contributed by atoms with Crippen LogP contribution in [0.2, 0.25) is 0 Å². The maximum atomic E-state index is 13.1. The Morgan fingerprint density at radius 2 is 2.00 bits per heavy atom. The summed E-state index contributed by atoms with van der Waals surface area (Å²) in [7, 11) is -1.76. The van der Waals surface area contributed by atoms with E-state index in [1.165, 1.54) is 23.5 Å². The van der Waals surface area contributed by atoms with Crippen LogP contribution in [0.15, 0.2) is 34.5 Å². The SMILES string of the molecule is CNCc1sc(S(=O)(=O)NCc2cccc(F)c2)cc1C. The van der Waals surface area contributed by atoms with Crippen LogP contribution in [0.3, 0.4) is 0 Å². The molecule has 1 heterocycles. The molecule has 2 aromatic rings. The number of nitrogens with one attached hydrogen (secondary N) is 2. The number of rotatable bonds is 6. The van der Waals surface area contributed by atoms with Crippen LogP contribution in [0.4, 0.5) is 4.39 Å². The van der Waals surface area contributed by atoms with E-state index >= 15 is 0 Å². The first kappa shape index (κ1) is 16.1. The highest BCUT2D eigenvalue weighted by Crippen LogP contribution is 2.25. The molecule has 1 aromatic heterocycles. The topological polar surface area (TPSA) is 58.2 Å². The standard InChI is InChI=1S/C14H17FN2O2S2/c1-10-6-14(20-13(10)9-16-2)21(18,19)17-8-11-4-3-5-12(15)7-11/h3-7,16-17H,8-9H2,1-2H3. The fourth-order valence-electron chi connectivity index (χ4n) is 1.85. The fourth-order valence-corrected chi connectivity index (χ4v) is 4.52. The Morgan fingerprint density at radius 1 is 1.24 bits per heavy atom. The van der Waals surface area contributed by atoms with Crippen molar-refractivity contribution < 1.29 is 12.8 Å². The van der Waals surface area contributed by atoms with Gasteiger partial charge in [-0.05, 0) is 43.3 Å². The predicted octanol–water partition coefficient (Wildman–Crippen LogP) is 2.39. The second-order valence-electron chi connectivity index (χ2n) is 4.66. The third-order valence-electron chi connectivity index (χ3n) is 2.96. The van der Waals surface area contributed by atoms with Gasteiger partial charge in [-0.2, -0.15) is 0 Å². The molecule has 0 saturated heterocycles. The zero-order valence-corrected chi connectivity index (χ0v) is 13.4. The average molecular weight is 328 g/mol. The van der Waals surface area contributed by atoms with Crippen molar-refractivity contribution in [1.29, 1.82) is 0 Å². The monoisotopic (exact) mass is 328 g/mol. The Kier molecular flexibility index (Phi) is 5.10. The van der Waals surface area contributed by atoms with E-state index in [9.17, 15) is 12.8 Å². The van der Waals surface area contributed by atoms with Gasteiger partial charge in [-0.1, -0.05) is 12.1 Å². The predicted molar refractivity (Wildman–Crippen MR) is 82.2 cm³/mol. The van der Waals surface area contributed by atoms with Gasteiger partial charge in [0.25, 0.3) is 0 Å². The molecule has 0 saturated carbocycles. The molecule has 0 unspecified atom stereocenters. The third-order valence-corrected chi connectivity index (χ3v) is 6.07. The van der Waals surface area contributed by atoms with Gasteiger partial charge in [-0.3, -0.25) is 0 Å². The van der Waals surface area contributed by atoms with Crippen molar-refractivity contribution in [2.75, 3.05) is 7.05 Å². The summed E-state index contributed by atoms with van der Waals surface area (Å²) >= 11 is 1.24. The zero-order valence-electron chi connectivity index (χ0n) is 11.8. The molecule has 0 aliphatic carbocycles. The molecule has 0 bridgehead atoms. The molecule has 21 heavy (non-hydrogen) atoms. The van der Waals surface area contributed by atoms with Crippen molar-refractivity contribution in [2.45, 2.75) is 24.2 Å². The first-order chi connectivity index (χ1) is 9.92. The van der Waals surface area contributed by atoms with Gasteiger partial charge in [0, 0.05) is 18.0 Å². The van der Waals surface area contributed by atoms with E-state index in [2.05, 4.69) is 10.0 Å². The number of hydrogen-bond acceptors (Lipinski definition) is 4. The Morgan fingerprint density at radius 3 is 2.67 bits per heavy atom. The van der Waals surface area contributed by atoms with Crippen LogP contribution in [0.5, 0.6) is 0 Å². The van der Waals surface area contributed by atoms with Gasteiger partial charge in [0.05, 0.1) is 0 Å². The maximum absolute atomic E-state index is 13.1. The number of sulfonamides is 1. The summed E-state index contributed by atoms with van der Waals surface area (Å²) in [5, 5.41) is 3.01. The molecular weight excluding hydrogens is 311 g/mol. The van der Waals surface area contributed by atoms with Crippen molar-refractivity contribution in [1.82, 2.24) is 10.0 Å². The van der Waals surface area contributed by atoms with Gasteiger partial charge >= 0.3 is 0 Å². The number of benzene rings is 1. The molecule has 0 spiro atoms. The first-order valence-electron chi connectivity index (χ1n) is 6.40. The second kappa shape index (κ2) is 6.65. The lowest BCUT2D eigenvalue weighted by Crippen LogP contribution is -2.22. The summed E-state index contributed by atoms with van der Waals surface area (Å²) in [6.45, 7) is 2.59. The highest BCUT2D eigenvalue weighted by atomic mass is 32.2. The molecule has 0 radical (unpaired) electrons. The van der Waals surface area contributed by atoms with Gasteiger partial charge in [0.1, 0.15) is 10.0 Å². The van der Waals surface area contributed by atoms with Crippen molar-refractivity contribution in [2.24, 2.45) is 0 Å². The van der Waals surface area contributed by atoms with E-state index in [0.717, 1.165) is 10.4 Å². The molecular formula is C14H17FN2O2S2. The molecule has 0 atom stereocenters. The zero-order chi connectivity index (χ0) is 15.5. The van der Waals surface area contributed by atoms with Gasteiger partial charge < -0.3 is 5.32 Å². The Bertz CT molecular complexity index is 726. The minimum Gasteiger partial charge on any atom is -0.315 e. The lowest BCUT2D eigenvalue weighted by Gasteiger charge is -2.05. The quantitative estimate of drug-likeness (QED) is 0.856. The molecule has 1 aromatic carbocycles. The van der Waals surface area contributed by atoms with Crippen molar-refractivity contribution in [3.05, 3.63) is 52.2 Å². The molecule has 2 rings (SSSR count). The Balaban J connectivity index is 2.13. The average Bonchev–Trinajstić information content (AvgIpc) is 2.80. The third kappa shape index (κ3) is 4.10. The summed E-state index contributed by atoms with van der Waals surface area (Å²) in [5.74, 6) is -0.380. The molecule has 0 aliphatic rings. The van der Waals surface area contributed by atoms with Gasteiger partial charge in [0.15, 0.2) is 0 Å². The van der Waals surface area contributed by atoms with Crippen molar-refractivity contribution in [3.63, 3.8) is 0 Å². The number of halogens is 1. The van der Waals surface area contributed by atoms with Crippen LogP contribution in [-0.4, -0.2) is 15.5 Å². The smallest absolute Gasteiger partial charge is 0.250 e. The van der Waals surface area contributed by atoms with Crippen molar-refractivity contribution in [3.8, 4) is 0 Å². The van der Waals surface area contributed by atoms with Crippen LogP contribution >= 0.6 is 11.3 Å². The van der Waals surface area contributed by atoms with E-state index in [0.29, 0.717) is 12.1 Å². The fraction of sp³-hybridized carbons (Fsp3) is 0.286. The molecule has 0 fully saturated rings. The molecule has 0 amide bonds. The summed E-state index contributed by atoms with van der Waals surface area (Å²) < 4.78 is 40.3. The van der Waals surface area contributed by atoms with E-state index < -0.39 is 10.0 Å². The highest BCUT2D eigenvalue weighted by molar-refractivity contribution is 7.91. The van der Waals surface area contributed by atoms with Crippen LogP contribution in [0, 0.1) is 12.7 Å². The molecule has 114 valence electrons. The number of thiophene rings is 1. The number of hydrogen-bond donors (Lipinski definition) is 2. The normalized spacial score (nSPS) is 11.8. The molecule has 7 heteroatoms. The molecule has 0 aliphatic heterocycles. The van der Waals surface area contributed by atoms with Gasteiger partial charge in [-0.15, -0.1) is 11.3 Å². The summed E-state index contributed by atoms with van der Waals surface area (Å²) in [5.41, 5.74) is 1.53. The van der Waals surface area contributed by atoms with Gasteiger partial charge in [-0.25, -0.2) is 17.5 Å². The van der Waals surface area contributed by atoms with Gasteiger partial charge in [0.2, 0.25) is 10.0 Å².